The van der Waals surface area contributed by atoms with E-state index in [1.807, 2.05) is 6.07 Å². The first kappa shape index (κ1) is 14.6. The largest absolute Gasteiger partial charge is 0.368 e. The Kier molecular flexibility index (Phi) is 5.48. The molecule has 1 aromatic rings. The quantitative estimate of drug-likeness (QED) is 0.788. The van der Waals surface area contributed by atoms with Crippen LogP contribution in [0.25, 0.3) is 0 Å². The van der Waals surface area contributed by atoms with Crippen molar-refractivity contribution in [3.63, 3.8) is 0 Å². The highest BCUT2D eigenvalue weighted by Crippen LogP contribution is 2.05. The summed E-state index contributed by atoms with van der Waals surface area (Å²) < 4.78 is 12.9. The summed E-state index contributed by atoms with van der Waals surface area (Å²) in [5.41, 5.74) is 5.62. The van der Waals surface area contributed by atoms with Gasteiger partial charge in [0, 0.05) is 6.42 Å². The number of carbonyl (C=O) groups is 2. The second-order valence-corrected chi connectivity index (χ2v) is 4.03. The van der Waals surface area contributed by atoms with E-state index in [1.165, 1.54) is 18.2 Å². The number of nitrogens with zero attached hydrogens (tertiary/aromatic N) is 1. The standard InChI is InChI=1S/C13H14FN3O2/c14-10-4-1-3-9(7-10)8-12(18)17-11(13(16)19)5-2-6-15/h1,3-4,7,11H,2,5,8H2,(H2,16,19)(H,17,18)/t11-/m1/s1. The van der Waals surface area contributed by atoms with Crippen LogP contribution in [0.1, 0.15) is 18.4 Å². The molecule has 1 rings (SSSR count). The van der Waals surface area contributed by atoms with Crippen molar-refractivity contribution >= 4 is 11.8 Å². The maximum absolute atomic E-state index is 12.9. The fourth-order valence-corrected chi connectivity index (χ4v) is 1.57. The molecule has 0 radical (unpaired) electrons. The van der Waals surface area contributed by atoms with Gasteiger partial charge in [-0.3, -0.25) is 9.59 Å². The van der Waals surface area contributed by atoms with E-state index in [2.05, 4.69) is 5.32 Å². The summed E-state index contributed by atoms with van der Waals surface area (Å²) in [5, 5.41) is 10.9. The van der Waals surface area contributed by atoms with Gasteiger partial charge in [-0.15, -0.1) is 0 Å². The third-order valence-electron chi connectivity index (χ3n) is 2.48. The van der Waals surface area contributed by atoms with Gasteiger partial charge in [-0.1, -0.05) is 12.1 Å². The zero-order valence-corrected chi connectivity index (χ0v) is 10.2. The SMILES string of the molecule is N#CCC[C@@H](NC(=O)Cc1cccc(F)c1)C(N)=O. The summed E-state index contributed by atoms with van der Waals surface area (Å²) in [7, 11) is 0. The zero-order chi connectivity index (χ0) is 14.3. The van der Waals surface area contributed by atoms with Crippen LogP contribution < -0.4 is 11.1 Å². The molecule has 0 fully saturated rings. The second-order valence-electron chi connectivity index (χ2n) is 4.03. The smallest absolute Gasteiger partial charge is 0.240 e. The van der Waals surface area contributed by atoms with E-state index in [9.17, 15) is 14.0 Å². The molecule has 0 unspecified atom stereocenters. The van der Waals surface area contributed by atoms with Crippen LogP contribution in [0.4, 0.5) is 4.39 Å². The molecule has 0 spiro atoms. The predicted molar refractivity (Wildman–Crippen MR) is 66.1 cm³/mol. The molecule has 0 aliphatic rings. The van der Waals surface area contributed by atoms with Crippen molar-refractivity contribution < 1.29 is 14.0 Å². The molecule has 0 saturated carbocycles. The number of amides is 2. The molecule has 0 saturated heterocycles. The van der Waals surface area contributed by atoms with Crippen LogP contribution in [0.15, 0.2) is 24.3 Å². The Labute approximate surface area is 110 Å². The number of halogens is 1. The molecule has 0 bridgehead atoms. The molecular formula is C13H14FN3O2. The van der Waals surface area contributed by atoms with E-state index in [1.54, 1.807) is 6.07 Å². The second kappa shape index (κ2) is 7.11. The Morgan fingerprint density at radius 1 is 1.47 bits per heavy atom. The summed E-state index contributed by atoms with van der Waals surface area (Å²) in [6.45, 7) is 0. The lowest BCUT2D eigenvalue weighted by Crippen LogP contribution is -2.44. The maximum atomic E-state index is 12.9. The molecule has 0 aliphatic heterocycles. The number of hydrogen-bond acceptors (Lipinski definition) is 3. The first-order valence-electron chi connectivity index (χ1n) is 5.73. The average molecular weight is 263 g/mol. The van der Waals surface area contributed by atoms with Crippen LogP contribution in [-0.2, 0) is 16.0 Å². The van der Waals surface area contributed by atoms with Crippen molar-refractivity contribution in [2.75, 3.05) is 0 Å². The van der Waals surface area contributed by atoms with E-state index < -0.39 is 23.7 Å². The minimum atomic E-state index is -0.874. The van der Waals surface area contributed by atoms with Crippen molar-refractivity contribution in [2.45, 2.75) is 25.3 Å². The van der Waals surface area contributed by atoms with E-state index >= 15 is 0 Å². The van der Waals surface area contributed by atoms with Gasteiger partial charge >= 0.3 is 0 Å². The number of nitrogens with one attached hydrogen (secondary N) is 1. The monoisotopic (exact) mass is 263 g/mol. The third-order valence-corrected chi connectivity index (χ3v) is 2.48. The summed E-state index contributed by atoms with van der Waals surface area (Å²) in [4.78, 5) is 22.8. The van der Waals surface area contributed by atoms with Gasteiger partial charge in [0.2, 0.25) is 11.8 Å². The van der Waals surface area contributed by atoms with E-state index in [0.717, 1.165) is 0 Å². The highest BCUT2D eigenvalue weighted by Gasteiger charge is 2.17. The Hall–Kier alpha value is -2.42. The van der Waals surface area contributed by atoms with E-state index in [0.29, 0.717) is 5.56 Å². The van der Waals surface area contributed by atoms with Gasteiger partial charge in [-0.2, -0.15) is 5.26 Å². The zero-order valence-electron chi connectivity index (χ0n) is 10.2. The normalized spacial score (nSPS) is 11.4. The first-order chi connectivity index (χ1) is 9.02. The Balaban J connectivity index is 2.58. The van der Waals surface area contributed by atoms with Crippen LogP contribution in [0.2, 0.25) is 0 Å². The Morgan fingerprint density at radius 3 is 2.79 bits per heavy atom. The van der Waals surface area contributed by atoms with Crippen molar-refractivity contribution in [3.8, 4) is 6.07 Å². The van der Waals surface area contributed by atoms with Crippen LogP contribution in [0.5, 0.6) is 0 Å². The van der Waals surface area contributed by atoms with Gasteiger partial charge in [0.15, 0.2) is 0 Å². The van der Waals surface area contributed by atoms with Crippen molar-refractivity contribution in [3.05, 3.63) is 35.6 Å². The summed E-state index contributed by atoms with van der Waals surface area (Å²) >= 11 is 0. The summed E-state index contributed by atoms with van der Waals surface area (Å²) in [6.07, 6.45) is 0.239. The van der Waals surface area contributed by atoms with Crippen molar-refractivity contribution in [2.24, 2.45) is 5.73 Å². The molecule has 0 aromatic heterocycles. The lowest BCUT2D eigenvalue weighted by atomic mass is 10.1. The molecule has 1 aromatic carbocycles. The molecule has 1 atom stereocenters. The topological polar surface area (TPSA) is 96.0 Å². The van der Waals surface area contributed by atoms with Crippen molar-refractivity contribution in [1.82, 2.24) is 5.32 Å². The molecule has 2 amide bonds. The molecule has 19 heavy (non-hydrogen) atoms. The highest BCUT2D eigenvalue weighted by atomic mass is 19.1. The maximum Gasteiger partial charge on any atom is 0.240 e. The summed E-state index contributed by atoms with van der Waals surface area (Å²) in [6, 6.07) is 6.63. The molecule has 3 N–H and O–H groups in total. The molecule has 100 valence electrons. The molecule has 5 nitrogen and oxygen atoms in total. The number of hydrogen-bond donors (Lipinski definition) is 2. The summed E-state index contributed by atoms with van der Waals surface area (Å²) in [5.74, 6) is -1.56. The fraction of sp³-hybridized carbons (Fsp3) is 0.308. The lowest BCUT2D eigenvalue weighted by Gasteiger charge is -2.13. The van der Waals surface area contributed by atoms with Gasteiger partial charge < -0.3 is 11.1 Å². The number of nitrogens with two attached hydrogens (primary N) is 1. The first-order valence-corrected chi connectivity index (χ1v) is 5.73. The van der Waals surface area contributed by atoms with Gasteiger partial charge in [0.05, 0.1) is 12.5 Å². The van der Waals surface area contributed by atoms with Crippen LogP contribution in [-0.4, -0.2) is 17.9 Å². The predicted octanol–water partition coefficient (Wildman–Crippen LogP) is 0.642. The molecule has 0 heterocycles. The third kappa shape index (κ3) is 5.17. The molecule has 6 heteroatoms. The average Bonchev–Trinajstić information content (AvgIpc) is 2.34. The van der Waals surface area contributed by atoms with E-state index in [4.69, 9.17) is 11.0 Å². The van der Waals surface area contributed by atoms with Gasteiger partial charge in [0.1, 0.15) is 11.9 Å². The van der Waals surface area contributed by atoms with Gasteiger partial charge in [0.25, 0.3) is 0 Å². The van der Waals surface area contributed by atoms with Crippen LogP contribution >= 0.6 is 0 Å². The number of carbonyl (C=O) groups excluding carboxylic acids is 2. The molecule has 0 aliphatic carbocycles. The number of primary amides is 1. The molecular weight excluding hydrogens is 249 g/mol. The fourth-order valence-electron chi connectivity index (χ4n) is 1.57. The number of rotatable bonds is 6. The Bertz CT molecular complexity index is 511. The van der Waals surface area contributed by atoms with E-state index in [-0.39, 0.29) is 19.3 Å². The van der Waals surface area contributed by atoms with Crippen LogP contribution in [0.3, 0.4) is 0 Å². The van der Waals surface area contributed by atoms with Gasteiger partial charge in [-0.25, -0.2) is 4.39 Å². The Morgan fingerprint density at radius 2 is 2.21 bits per heavy atom. The van der Waals surface area contributed by atoms with Crippen molar-refractivity contribution in [1.29, 1.82) is 5.26 Å². The minimum Gasteiger partial charge on any atom is -0.368 e. The highest BCUT2D eigenvalue weighted by molar-refractivity contribution is 5.87. The number of nitriles is 1. The van der Waals surface area contributed by atoms with Gasteiger partial charge in [-0.05, 0) is 24.1 Å². The minimum absolute atomic E-state index is 0.0475. The number of benzene rings is 1. The lowest BCUT2D eigenvalue weighted by molar-refractivity contribution is -0.127. The van der Waals surface area contributed by atoms with Crippen LogP contribution in [0, 0.1) is 17.1 Å².